The molecule has 0 unspecified atom stereocenters. The minimum atomic E-state index is -0.495. The molecule has 1 aromatic heterocycles. The largest absolute Gasteiger partial charge is 0.461 e. The lowest BCUT2D eigenvalue weighted by Crippen LogP contribution is -2.14. The van der Waals surface area contributed by atoms with E-state index in [0.717, 1.165) is 5.56 Å². The van der Waals surface area contributed by atoms with Gasteiger partial charge in [0.1, 0.15) is 6.54 Å². The van der Waals surface area contributed by atoms with Gasteiger partial charge in [0.25, 0.3) is 0 Å². The molecule has 3 rings (SSSR count). The molecule has 5 heteroatoms. The maximum atomic E-state index is 12.5. The molecule has 3 aromatic rings. The van der Waals surface area contributed by atoms with E-state index in [9.17, 15) is 9.59 Å². The Morgan fingerprint density at radius 1 is 1.00 bits per heavy atom. The number of Topliss-reactive ketones (excluding diaryl/α,β-unsaturated/α-hetero) is 1. The third kappa shape index (κ3) is 3.83. The highest BCUT2D eigenvalue weighted by molar-refractivity contribution is 5.96. The maximum absolute atomic E-state index is 12.5. The van der Waals surface area contributed by atoms with E-state index < -0.39 is 5.97 Å². The first kappa shape index (κ1) is 16.6. The minimum absolute atomic E-state index is 0.0493. The van der Waals surface area contributed by atoms with Gasteiger partial charge in [0.15, 0.2) is 11.5 Å². The number of carbonyl (C=O) groups is 2. The van der Waals surface area contributed by atoms with Crippen LogP contribution in [0, 0.1) is 0 Å². The van der Waals surface area contributed by atoms with Crippen molar-refractivity contribution < 1.29 is 14.3 Å². The van der Waals surface area contributed by atoms with Crippen LogP contribution in [0.4, 0.5) is 0 Å². The first-order chi connectivity index (χ1) is 12.2. The van der Waals surface area contributed by atoms with Gasteiger partial charge in [-0.15, -0.1) is 0 Å². The third-order valence-electron chi connectivity index (χ3n) is 3.72. The Hall–Kier alpha value is -3.21. The summed E-state index contributed by atoms with van der Waals surface area (Å²) in [6.45, 7) is 2.06. The van der Waals surface area contributed by atoms with E-state index in [-0.39, 0.29) is 24.6 Å². The lowest BCUT2D eigenvalue weighted by Gasteiger charge is -2.07. The van der Waals surface area contributed by atoms with Crippen LogP contribution >= 0.6 is 0 Å². The van der Waals surface area contributed by atoms with Gasteiger partial charge in [0, 0.05) is 5.56 Å². The van der Waals surface area contributed by atoms with E-state index in [2.05, 4.69) is 5.10 Å². The number of benzene rings is 2. The Balaban J connectivity index is 1.96. The highest BCUT2D eigenvalue weighted by atomic mass is 16.5. The van der Waals surface area contributed by atoms with Crippen molar-refractivity contribution >= 4 is 11.8 Å². The third-order valence-corrected chi connectivity index (χ3v) is 3.72. The van der Waals surface area contributed by atoms with E-state index in [1.54, 1.807) is 29.8 Å². The molecule has 0 bridgehead atoms. The van der Waals surface area contributed by atoms with Crippen LogP contribution in [0.25, 0.3) is 11.3 Å². The molecule has 0 spiro atoms. The van der Waals surface area contributed by atoms with Crippen LogP contribution in [0.2, 0.25) is 0 Å². The quantitative estimate of drug-likeness (QED) is 0.510. The van der Waals surface area contributed by atoms with Crippen molar-refractivity contribution in [3.8, 4) is 11.3 Å². The summed E-state index contributed by atoms with van der Waals surface area (Å²) in [4.78, 5) is 24.5. The van der Waals surface area contributed by atoms with Crippen LogP contribution in [0.1, 0.15) is 27.8 Å². The number of aromatic nitrogens is 2. The molecule has 2 aromatic carbocycles. The SMILES string of the molecule is CCOC(=O)c1cc(-c2ccccc2)n(CC(=O)c2ccccc2)n1. The molecule has 0 amide bonds. The first-order valence-electron chi connectivity index (χ1n) is 8.07. The molecule has 0 N–H and O–H groups in total. The predicted octanol–water partition coefficient (Wildman–Crippen LogP) is 3.61. The van der Waals surface area contributed by atoms with E-state index in [1.165, 1.54) is 0 Å². The molecule has 0 saturated carbocycles. The normalized spacial score (nSPS) is 10.4. The van der Waals surface area contributed by atoms with Crippen LogP contribution in [0.5, 0.6) is 0 Å². The Morgan fingerprint density at radius 3 is 2.28 bits per heavy atom. The van der Waals surface area contributed by atoms with Crippen LogP contribution in [-0.4, -0.2) is 28.1 Å². The number of hydrogen-bond acceptors (Lipinski definition) is 4. The summed E-state index contributed by atoms with van der Waals surface area (Å²) in [6, 6.07) is 20.2. The van der Waals surface area contributed by atoms with Crippen molar-refractivity contribution in [2.75, 3.05) is 6.61 Å². The fourth-order valence-electron chi connectivity index (χ4n) is 2.53. The standard InChI is InChI=1S/C20H18N2O3/c1-2-25-20(24)17-13-18(15-9-5-3-6-10-15)22(21-17)14-19(23)16-11-7-4-8-12-16/h3-13H,2,14H2,1H3. The monoisotopic (exact) mass is 334 g/mol. The Kier molecular flexibility index (Phi) is 5.04. The zero-order chi connectivity index (χ0) is 17.6. The summed E-state index contributed by atoms with van der Waals surface area (Å²) >= 11 is 0. The van der Waals surface area contributed by atoms with Crippen molar-refractivity contribution in [2.45, 2.75) is 13.5 Å². The van der Waals surface area contributed by atoms with Crippen molar-refractivity contribution in [1.82, 2.24) is 9.78 Å². The Labute approximate surface area is 145 Å². The zero-order valence-corrected chi connectivity index (χ0v) is 13.9. The van der Waals surface area contributed by atoms with Crippen molar-refractivity contribution in [1.29, 1.82) is 0 Å². The smallest absolute Gasteiger partial charge is 0.358 e. The molecular weight excluding hydrogens is 316 g/mol. The number of ketones is 1. The molecule has 5 nitrogen and oxygen atoms in total. The number of nitrogens with zero attached hydrogens (tertiary/aromatic N) is 2. The molecule has 0 aliphatic rings. The summed E-state index contributed by atoms with van der Waals surface area (Å²) in [5.41, 5.74) is 2.38. The second-order valence-electron chi connectivity index (χ2n) is 5.45. The van der Waals surface area contributed by atoms with E-state index >= 15 is 0 Å². The Bertz CT molecular complexity index is 870. The lowest BCUT2D eigenvalue weighted by atomic mass is 10.1. The number of ether oxygens (including phenoxy) is 1. The number of esters is 1. The van der Waals surface area contributed by atoms with Gasteiger partial charge in [-0.1, -0.05) is 60.7 Å². The van der Waals surface area contributed by atoms with Gasteiger partial charge < -0.3 is 4.74 Å². The second-order valence-corrected chi connectivity index (χ2v) is 5.45. The van der Waals surface area contributed by atoms with Crippen molar-refractivity contribution in [3.05, 3.63) is 78.0 Å². The van der Waals surface area contributed by atoms with Gasteiger partial charge in [0.2, 0.25) is 0 Å². The molecule has 0 fully saturated rings. The van der Waals surface area contributed by atoms with Gasteiger partial charge >= 0.3 is 5.97 Å². The highest BCUT2D eigenvalue weighted by Crippen LogP contribution is 2.21. The van der Waals surface area contributed by atoms with E-state index in [1.807, 2.05) is 48.5 Å². The summed E-state index contributed by atoms with van der Waals surface area (Å²) in [5, 5.41) is 4.29. The molecule has 0 radical (unpaired) electrons. The summed E-state index contributed by atoms with van der Waals surface area (Å²) < 4.78 is 6.57. The molecule has 0 aliphatic heterocycles. The fourth-order valence-corrected chi connectivity index (χ4v) is 2.53. The van der Waals surface area contributed by atoms with Gasteiger partial charge in [-0.2, -0.15) is 5.10 Å². The average molecular weight is 334 g/mol. The van der Waals surface area contributed by atoms with Crippen molar-refractivity contribution in [2.24, 2.45) is 0 Å². The molecule has 25 heavy (non-hydrogen) atoms. The van der Waals surface area contributed by atoms with Crippen molar-refractivity contribution in [3.63, 3.8) is 0 Å². The van der Waals surface area contributed by atoms with E-state index in [4.69, 9.17) is 4.74 Å². The maximum Gasteiger partial charge on any atom is 0.358 e. The minimum Gasteiger partial charge on any atom is -0.461 e. The molecular formula is C20H18N2O3. The lowest BCUT2D eigenvalue weighted by molar-refractivity contribution is 0.0517. The predicted molar refractivity (Wildman–Crippen MR) is 94.4 cm³/mol. The summed E-state index contributed by atoms with van der Waals surface area (Å²) in [5.74, 6) is -0.568. The van der Waals surface area contributed by atoms with Gasteiger partial charge in [0.05, 0.1) is 12.3 Å². The number of hydrogen-bond donors (Lipinski definition) is 0. The molecule has 0 atom stereocenters. The number of rotatable bonds is 6. The average Bonchev–Trinajstić information content (AvgIpc) is 3.07. The number of carbonyl (C=O) groups excluding carboxylic acids is 2. The molecule has 1 heterocycles. The van der Waals surface area contributed by atoms with Gasteiger partial charge in [-0.05, 0) is 18.6 Å². The fraction of sp³-hybridized carbons (Fsp3) is 0.150. The molecule has 126 valence electrons. The van der Waals surface area contributed by atoms with E-state index in [0.29, 0.717) is 11.3 Å². The Morgan fingerprint density at radius 2 is 1.64 bits per heavy atom. The summed E-state index contributed by atoms with van der Waals surface area (Å²) in [6.07, 6.45) is 0. The second kappa shape index (κ2) is 7.57. The van der Waals surface area contributed by atoms with Crippen LogP contribution < -0.4 is 0 Å². The van der Waals surface area contributed by atoms with Gasteiger partial charge in [-0.25, -0.2) is 4.79 Å². The summed E-state index contributed by atoms with van der Waals surface area (Å²) in [7, 11) is 0. The van der Waals surface area contributed by atoms with Gasteiger partial charge in [-0.3, -0.25) is 9.48 Å². The topological polar surface area (TPSA) is 61.2 Å². The first-order valence-corrected chi connectivity index (χ1v) is 8.07. The molecule has 0 aliphatic carbocycles. The van der Waals surface area contributed by atoms with Crippen LogP contribution in [0.3, 0.4) is 0 Å². The van der Waals surface area contributed by atoms with Crippen LogP contribution in [0.15, 0.2) is 66.7 Å². The van der Waals surface area contributed by atoms with Crippen LogP contribution in [-0.2, 0) is 11.3 Å². The highest BCUT2D eigenvalue weighted by Gasteiger charge is 2.18. The molecule has 0 saturated heterocycles. The zero-order valence-electron chi connectivity index (χ0n) is 13.9.